The molecule has 1 unspecified atom stereocenters. The van der Waals surface area contributed by atoms with Crippen LogP contribution in [0.5, 0.6) is 5.88 Å². The fourth-order valence-corrected chi connectivity index (χ4v) is 4.39. The summed E-state index contributed by atoms with van der Waals surface area (Å²) in [7, 11) is -3.29. The monoisotopic (exact) mass is 319 g/mol. The molecular weight excluding hydrogens is 298 g/mol. The van der Waals surface area contributed by atoms with Crippen molar-refractivity contribution in [2.24, 2.45) is 0 Å². The van der Waals surface area contributed by atoms with Gasteiger partial charge in [-0.25, -0.2) is 13.4 Å². The Labute approximate surface area is 132 Å². The zero-order valence-corrected chi connectivity index (χ0v) is 13.7. The number of benzene rings is 1. The van der Waals surface area contributed by atoms with E-state index < -0.39 is 15.1 Å². The van der Waals surface area contributed by atoms with Crippen molar-refractivity contribution in [1.29, 1.82) is 0 Å². The van der Waals surface area contributed by atoms with Crippen molar-refractivity contribution in [2.75, 3.05) is 6.61 Å². The zero-order chi connectivity index (χ0) is 16.0. The molecule has 0 amide bonds. The lowest BCUT2D eigenvalue weighted by atomic mass is 10.1. The highest BCUT2D eigenvalue weighted by Gasteiger charge is 2.25. The van der Waals surface area contributed by atoms with Crippen molar-refractivity contribution in [3.63, 3.8) is 0 Å². The Morgan fingerprint density at radius 1 is 1.14 bits per heavy atom. The first kappa shape index (κ1) is 16.5. The van der Waals surface area contributed by atoms with E-state index in [1.54, 1.807) is 18.3 Å². The van der Waals surface area contributed by atoms with Crippen LogP contribution in [0.2, 0.25) is 0 Å². The Kier molecular flexibility index (Phi) is 5.55. The van der Waals surface area contributed by atoms with E-state index in [1.165, 1.54) is 0 Å². The fraction of sp³-hybridized carbons (Fsp3) is 0.353. The van der Waals surface area contributed by atoms with Crippen LogP contribution in [0.4, 0.5) is 0 Å². The summed E-state index contributed by atoms with van der Waals surface area (Å²) < 4.78 is 30.8. The highest BCUT2D eigenvalue weighted by atomic mass is 32.2. The molecule has 0 radical (unpaired) electrons. The van der Waals surface area contributed by atoms with Gasteiger partial charge >= 0.3 is 0 Å². The maximum absolute atomic E-state index is 12.7. The number of sulfone groups is 1. The van der Waals surface area contributed by atoms with Gasteiger partial charge < -0.3 is 4.74 Å². The Balaban J connectivity index is 2.24. The molecule has 0 aliphatic heterocycles. The number of aromatic nitrogens is 1. The molecule has 1 heterocycles. The lowest BCUT2D eigenvalue weighted by molar-refractivity contribution is 0.326. The van der Waals surface area contributed by atoms with Crippen LogP contribution in [0.25, 0.3) is 0 Å². The van der Waals surface area contributed by atoms with E-state index in [9.17, 15) is 8.42 Å². The first-order chi connectivity index (χ1) is 10.6. The molecule has 2 aromatic rings. The van der Waals surface area contributed by atoms with E-state index in [1.807, 2.05) is 44.2 Å². The second-order valence-corrected chi connectivity index (χ2v) is 7.23. The number of ether oxygens (including phenoxy) is 1. The Morgan fingerprint density at radius 2 is 1.86 bits per heavy atom. The molecule has 22 heavy (non-hydrogen) atoms. The molecule has 0 fully saturated rings. The summed E-state index contributed by atoms with van der Waals surface area (Å²) >= 11 is 0. The van der Waals surface area contributed by atoms with Gasteiger partial charge in [0.15, 0.2) is 9.84 Å². The van der Waals surface area contributed by atoms with Crippen LogP contribution >= 0.6 is 0 Å². The highest BCUT2D eigenvalue weighted by Crippen LogP contribution is 2.29. The zero-order valence-electron chi connectivity index (χ0n) is 12.9. The van der Waals surface area contributed by atoms with E-state index in [0.717, 1.165) is 5.56 Å². The number of nitrogens with zero attached hydrogens (tertiary/aromatic N) is 1. The molecule has 0 bridgehead atoms. The molecule has 118 valence electrons. The number of hydrogen-bond acceptors (Lipinski definition) is 4. The van der Waals surface area contributed by atoms with E-state index in [0.29, 0.717) is 24.5 Å². The first-order valence-corrected chi connectivity index (χ1v) is 9.12. The highest BCUT2D eigenvalue weighted by molar-refractivity contribution is 7.90. The summed E-state index contributed by atoms with van der Waals surface area (Å²) in [5.41, 5.74) is 1.54. The quantitative estimate of drug-likeness (QED) is 0.783. The van der Waals surface area contributed by atoms with Gasteiger partial charge in [-0.15, -0.1) is 0 Å². The van der Waals surface area contributed by atoms with Crippen molar-refractivity contribution in [3.05, 3.63) is 59.8 Å². The maximum atomic E-state index is 12.7. The largest absolute Gasteiger partial charge is 0.478 e. The Morgan fingerprint density at radius 3 is 2.50 bits per heavy atom. The van der Waals surface area contributed by atoms with Gasteiger partial charge in [-0.05, 0) is 30.5 Å². The minimum absolute atomic E-state index is 0.0109. The van der Waals surface area contributed by atoms with Crippen molar-refractivity contribution in [1.82, 2.24) is 4.98 Å². The average Bonchev–Trinajstić information content (AvgIpc) is 2.49. The predicted molar refractivity (Wildman–Crippen MR) is 87.5 cm³/mol. The molecular formula is C17H21NO3S. The van der Waals surface area contributed by atoms with E-state index in [4.69, 9.17) is 4.74 Å². The lowest BCUT2D eigenvalue weighted by Crippen LogP contribution is -2.15. The molecule has 4 nitrogen and oxygen atoms in total. The van der Waals surface area contributed by atoms with Gasteiger partial charge in [-0.1, -0.05) is 37.3 Å². The van der Waals surface area contributed by atoms with Crippen molar-refractivity contribution >= 4 is 9.84 Å². The third-order valence-corrected chi connectivity index (χ3v) is 5.64. The minimum Gasteiger partial charge on any atom is -0.478 e. The molecule has 0 spiro atoms. The summed E-state index contributed by atoms with van der Waals surface area (Å²) in [6.45, 7) is 4.27. The predicted octanol–water partition coefficient (Wildman–Crippen LogP) is 3.55. The normalized spacial score (nSPS) is 12.8. The minimum atomic E-state index is -3.29. The van der Waals surface area contributed by atoms with Crippen molar-refractivity contribution in [3.8, 4) is 5.88 Å². The summed E-state index contributed by atoms with van der Waals surface area (Å²) in [4.78, 5) is 4.07. The molecule has 0 saturated heterocycles. The third kappa shape index (κ3) is 4.07. The molecule has 5 heteroatoms. The molecule has 2 rings (SSSR count). The van der Waals surface area contributed by atoms with Crippen LogP contribution in [0.1, 0.15) is 36.6 Å². The summed E-state index contributed by atoms with van der Waals surface area (Å²) in [5, 5.41) is -0.489. The van der Waals surface area contributed by atoms with Gasteiger partial charge in [0.25, 0.3) is 0 Å². The summed E-state index contributed by atoms with van der Waals surface area (Å²) in [6, 6.07) is 12.8. The lowest BCUT2D eigenvalue weighted by Gasteiger charge is -2.16. The van der Waals surface area contributed by atoms with Crippen LogP contribution in [0, 0.1) is 0 Å². The van der Waals surface area contributed by atoms with Gasteiger partial charge in [0, 0.05) is 12.3 Å². The fourth-order valence-electron chi connectivity index (χ4n) is 2.46. The smallest absolute Gasteiger partial charge is 0.213 e. The molecule has 0 N–H and O–H groups in total. The molecule has 0 aliphatic carbocycles. The number of pyridine rings is 1. The van der Waals surface area contributed by atoms with Gasteiger partial charge in [0.2, 0.25) is 5.88 Å². The molecule has 1 aromatic heterocycles. The van der Waals surface area contributed by atoms with Crippen molar-refractivity contribution < 1.29 is 13.2 Å². The van der Waals surface area contributed by atoms with Gasteiger partial charge in [-0.2, -0.15) is 0 Å². The van der Waals surface area contributed by atoms with Crippen molar-refractivity contribution in [2.45, 2.75) is 31.3 Å². The Hall–Kier alpha value is -1.88. The van der Waals surface area contributed by atoms with E-state index in [-0.39, 0.29) is 5.75 Å². The van der Waals surface area contributed by atoms with Gasteiger partial charge in [0.1, 0.15) is 0 Å². The topological polar surface area (TPSA) is 56.3 Å². The average molecular weight is 319 g/mol. The van der Waals surface area contributed by atoms with Crippen LogP contribution in [-0.4, -0.2) is 20.0 Å². The second kappa shape index (κ2) is 7.40. The molecule has 1 aromatic carbocycles. The first-order valence-electron chi connectivity index (χ1n) is 7.41. The maximum Gasteiger partial charge on any atom is 0.213 e. The van der Waals surface area contributed by atoms with Gasteiger partial charge in [0.05, 0.1) is 17.6 Å². The number of rotatable bonds is 7. The molecule has 0 aliphatic rings. The summed E-state index contributed by atoms with van der Waals surface area (Å²) in [5.74, 6) is 0.450. The van der Waals surface area contributed by atoms with Gasteiger partial charge in [-0.3, -0.25) is 0 Å². The standard InChI is InChI=1S/C17H21NO3S/c1-3-16(15-8-6-5-7-9-15)22(19,20)13-14-10-11-18-17(12-14)21-4-2/h5-12,16H,3-4,13H2,1-2H3. The number of hydrogen-bond donors (Lipinski definition) is 0. The van der Waals surface area contributed by atoms with E-state index in [2.05, 4.69) is 4.98 Å². The summed E-state index contributed by atoms with van der Waals surface area (Å²) in [6.07, 6.45) is 2.13. The molecule has 0 saturated carbocycles. The molecule has 1 atom stereocenters. The van der Waals surface area contributed by atoms with E-state index >= 15 is 0 Å². The van der Waals surface area contributed by atoms with Crippen LogP contribution in [0.15, 0.2) is 48.7 Å². The Bertz CT molecular complexity index is 699. The third-order valence-electron chi connectivity index (χ3n) is 3.43. The second-order valence-electron chi connectivity index (χ2n) is 5.05. The van der Waals surface area contributed by atoms with Crippen LogP contribution < -0.4 is 4.74 Å². The van der Waals surface area contributed by atoms with Crippen LogP contribution in [0.3, 0.4) is 0 Å². The SMILES string of the molecule is CCOc1cc(CS(=O)(=O)C(CC)c2ccccc2)ccn1. The van der Waals surface area contributed by atoms with Crippen LogP contribution in [-0.2, 0) is 15.6 Å².